The van der Waals surface area contributed by atoms with Crippen molar-refractivity contribution in [2.24, 2.45) is 13.0 Å². The number of aromatic nitrogens is 2. The summed E-state index contributed by atoms with van der Waals surface area (Å²) in [6, 6.07) is 3.25. The molecule has 128 valence electrons. The maximum absolute atomic E-state index is 12.2. The second kappa shape index (κ2) is 6.24. The maximum Gasteiger partial charge on any atom is 0.153 e. The minimum Gasteiger partial charge on any atom is -0.381 e. The van der Waals surface area contributed by atoms with Crippen LogP contribution < -0.4 is 0 Å². The molecule has 1 N–H and O–H groups in total. The lowest BCUT2D eigenvalue weighted by Crippen LogP contribution is -2.35. The highest BCUT2D eigenvalue weighted by Crippen LogP contribution is 2.31. The molecule has 0 spiro atoms. The number of aryl methyl sites for hydroxylation is 1. The highest BCUT2D eigenvalue weighted by atomic mass is 35.5. The van der Waals surface area contributed by atoms with Crippen LogP contribution in [0.1, 0.15) is 26.6 Å². The Morgan fingerprint density at radius 3 is 2.43 bits per heavy atom. The Hall–Kier alpha value is -0.820. The van der Waals surface area contributed by atoms with Crippen LogP contribution >= 0.6 is 23.2 Å². The van der Waals surface area contributed by atoms with Gasteiger partial charge < -0.3 is 9.67 Å². The zero-order valence-electron chi connectivity index (χ0n) is 13.5. The molecule has 1 unspecified atom stereocenters. The summed E-state index contributed by atoms with van der Waals surface area (Å²) >= 11 is 12.0. The lowest BCUT2D eigenvalue weighted by Gasteiger charge is -2.23. The number of fused-ring (bicyclic) bond motifs is 1. The number of sulfone groups is 1. The van der Waals surface area contributed by atoms with Gasteiger partial charge in [-0.1, -0.05) is 37.0 Å². The van der Waals surface area contributed by atoms with Crippen LogP contribution in [0.15, 0.2) is 12.1 Å². The molecule has 1 heterocycles. The van der Waals surface area contributed by atoms with E-state index in [1.165, 1.54) is 6.92 Å². The number of halogens is 2. The van der Waals surface area contributed by atoms with E-state index in [1.54, 1.807) is 23.7 Å². The van der Waals surface area contributed by atoms with Crippen molar-refractivity contribution in [2.45, 2.75) is 26.4 Å². The summed E-state index contributed by atoms with van der Waals surface area (Å²) in [4.78, 5) is 4.35. The molecule has 1 aromatic heterocycles. The smallest absolute Gasteiger partial charge is 0.153 e. The van der Waals surface area contributed by atoms with Gasteiger partial charge >= 0.3 is 0 Å². The Morgan fingerprint density at radius 2 is 1.87 bits per heavy atom. The third-order valence-corrected chi connectivity index (χ3v) is 6.39. The molecular weight excluding hydrogens is 359 g/mol. The van der Waals surface area contributed by atoms with E-state index in [0.29, 0.717) is 21.1 Å². The van der Waals surface area contributed by atoms with Crippen LogP contribution in [0.2, 0.25) is 10.0 Å². The van der Waals surface area contributed by atoms with Crippen LogP contribution in [0, 0.1) is 5.92 Å². The SMILES string of the molecule is CC(C)CS(=O)(=O)CC(C)(O)c1nc2cc(Cl)c(Cl)cc2n1C. The minimum atomic E-state index is -3.41. The normalized spacial score (nSPS) is 15.3. The number of hydrogen-bond donors (Lipinski definition) is 1. The molecule has 0 saturated carbocycles. The fourth-order valence-corrected chi connectivity index (χ4v) is 5.16. The molecule has 2 rings (SSSR count). The molecule has 1 atom stereocenters. The topological polar surface area (TPSA) is 72.2 Å². The summed E-state index contributed by atoms with van der Waals surface area (Å²) in [5.74, 6) is -0.117. The quantitative estimate of drug-likeness (QED) is 0.866. The predicted molar refractivity (Wildman–Crippen MR) is 93.8 cm³/mol. The van der Waals surface area contributed by atoms with E-state index in [4.69, 9.17) is 23.2 Å². The summed E-state index contributed by atoms with van der Waals surface area (Å²) in [6.07, 6.45) is 0. The van der Waals surface area contributed by atoms with E-state index in [9.17, 15) is 13.5 Å². The van der Waals surface area contributed by atoms with Gasteiger partial charge in [-0.2, -0.15) is 0 Å². The number of imidazole rings is 1. The fraction of sp³-hybridized carbons (Fsp3) is 0.533. The second-order valence-corrected chi connectivity index (χ2v) is 9.40. The summed E-state index contributed by atoms with van der Waals surface area (Å²) in [5, 5.41) is 11.5. The second-order valence-electron chi connectivity index (χ2n) is 6.47. The van der Waals surface area contributed by atoms with E-state index in [-0.39, 0.29) is 17.5 Å². The van der Waals surface area contributed by atoms with Crippen LogP contribution in [-0.4, -0.2) is 34.6 Å². The molecule has 2 aromatic rings. The van der Waals surface area contributed by atoms with E-state index in [2.05, 4.69) is 4.98 Å². The Balaban J connectivity index is 2.48. The van der Waals surface area contributed by atoms with E-state index >= 15 is 0 Å². The summed E-state index contributed by atoms with van der Waals surface area (Å²) in [6.45, 7) is 5.10. The van der Waals surface area contributed by atoms with Crippen LogP contribution in [0.3, 0.4) is 0 Å². The van der Waals surface area contributed by atoms with Gasteiger partial charge in [0.2, 0.25) is 0 Å². The first kappa shape index (κ1) is 18.5. The van der Waals surface area contributed by atoms with Crippen molar-refractivity contribution in [2.75, 3.05) is 11.5 Å². The first-order valence-electron chi connectivity index (χ1n) is 7.18. The zero-order chi connectivity index (χ0) is 17.6. The Kier molecular flexibility index (Phi) is 5.02. The highest BCUT2D eigenvalue weighted by Gasteiger charge is 2.35. The summed E-state index contributed by atoms with van der Waals surface area (Å²) < 4.78 is 26.1. The molecular formula is C15H20Cl2N2O3S. The Bertz CT molecular complexity index is 842. The molecule has 0 amide bonds. The molecule has 0 bridgehead atoms. The molecule has 0 aliphatic heterocycles. The van der Waals surface area contributed by atoms with Crippen molar-refractivity contribution in [1.29, 1.82) is 0 Å². The van der Waals surface area contributed by atoms with Crippen LogP contribution in [-0.2, 0) is 22.5 Å². The van der Waals surface area contributed by atoms with E-state index in [1.807, 2.05) is 13.8 Å². The van der Waals surface area contributed by atoms with Gasteiger partial charge in [0.15, 0.2) is 9.84 Å². The molecule has 0 aliphatic carbocycles. The molecule has 5 nitrogen and oxygen atoms in total. The third kappa shape index (κ3) is 3.99. The van der Waals surface area contributed by atoms with Crippen LogP contribution in [0.5, 0.6) is 0 Å². The standard InChI is InChI=1S/C15H20Cl2N2O3S/c1-9(2)7-23(21,22)8-15(3,20)14-18-12-5-10(16)11(17)6-13(12)19(14)4/h5-6,9,20H,7-8H2,1-4H3. The first-order valence-corrected chi connectivity index (χ1v) is 9.75. The lowest BCUT2D eigenvalue weighted by molar-refractivity contribution is 0.0696. The van der Waals surface area contributed by atoms with E-state index < -0.39 is 21.2 Å². The van der Waals surface area contributed by atoms with Gasteiger partial charge in [-0.3, -0.25) is 0 Å². The van der Waals surface area contributed by atoms with Crippen molar-refractivity contribution in [3.8, 4) is 0 Å². The average Bonchev–Trinajstić information content (AvgIpc) is 2.65. The number of benzene rings is 1. The van der Waals surface area contributed by atoms with Gasteiger partial charge in [0, 0.05) is 7.05 Å². The summed E-state index contributed by atoms with van der Waals surface area (Å²) in [7, 11) is -1.71. The highest BCUT2D eigenvalue weighted by molar-refractivity contribution is 7.91. The molecule has 1 aromatic carbocycles. The summed E-state index contributed by atoms with van der Waals surface area (Å²) in [5.41, 5.74) is -0.380. The zero-order valence-corrected chi connectivity index (χ0v) is 15.8. The van der Waals surface area contributed by atoms with Crippen molar-refractivity contribution >= 4 is 44.1 Å². The van der Waals surface area contributed by atoms with Gasteiger partial charge in [-0.15, -0.1) is 0 Å². The first-order chi connectivity index (χ1) is 10.4. The molecule has 0 saturated heterocycles. The molecule has 0 fully saturated rings. The van der Waals surface area contributed by atoms with Crippen molar-refractivity contribution in [3.05, 3.63) is 28.0 Å². The monoisotopic (exact) mass is 378 g/mol. The average molecular weight is 379 g/mol. The number of nitrogens with zero attached hydrogens (tertiary/aromatic N) is 2. The van der Waals surface area contributed by atoms with Crippen molar-refractivity contribution in [3.63, 3.8) is 0 Å². The maximum atomic E-state index is 12.2. The van der Waals surface area contributed by atoms with Gasteiger partial charge in [0.05, 0.1) is 32.6 Å². The Labute approximate surface area is 146 Å². The molecule has 8 heteroatoms. The predicted octanol–water partition coefficient (Wildman–Crippen LogP) is 3.16. The van der Waals surface area contributed by atoms with Gasteiger partial charge in [-0.05, 0) is 25.0 Å². The number of hydrogen-bond acceptors (Lipinski definition) is 4. The van der Waals surface area contributed by atoms with Crippen LogP contribution in [0.4, 0.5) is 0 Å². The molecule has 0 radical (unpaired) electrons. The van der Waals surface area contributed by atoms with Gasteiger partial charge in [-0.25, -0.2) is 13.4 Å². The lowest BCUT2D eigenvalue weighted by atomic mass is 10.1. The van der Waals surface area contributed by atoms with Gasteiger partial charge in [0.25, 0.3) is 0 Å². The van der Waals surface area contributed by atoms with Crippen LogP contribution in [0.25, 0.3) is 11.0 Å². The van der Waals surface area contributed by atoms with Crippen molar-refractivity contribution < 1.29 is 13.5 Å². The number of rotatable bonds is 5. The molecule has 0 aliphatic rings. The Morgan fingerprint density at radius 1 is 1.30 bits per heavy atom. The third-order valence-electron chi connectivity index (χ3n) is 3.49. The minimum absolute atomic E-state index is 0.00569. The van der Waals surface area contributed by atoms with Gasteiger partial charge in [0.1, 0.15) is 11.4 Å². The fourth-order valence-electron chi connectivity index (χ4n) is 2.73. The largest absolute Gasteiger partial charge is 0.381 e. The van der Waals surface area contributed by atoms with E-state index in [0.717, 1.165) is 0 Å². The molecule has 23 heavy (non-hydrogen) atoms. The van der Waals surface area contributed by atoms with Crippen molar-refractivity contribution in [1.82, 2.24) is 9.55 Å². The number of aliphatic hydroxyl groups is 1.